The Morgan fingerprint density at radius 3 is 2.65 bits per heavy atom. The minimum absolute atomic E-state index is 0.0345. The van der Waals surface area contributed by atoms with Gasteiger partial charge in [0.15, 0.2) is 5.50 Å². The lowest BCUT2D eigenvalue weighted by Crippen LogP contribution is -2.44. The zero-order chi connectivity index (χ0) is 15.9. The van der Waals surface area contributed by atoms with Gasteiger partial charge in [0.2, 0.25) is 5.91 Å². The first kappa shape index (κ1) is 15.3. The van der Waals surface area contributed by atoms with Gasteiger partial charge in [-0.2, -0.15) is 0 Å². The van der Waals surface area contributed by atoms with Crippen LogP contribution in [0.15, 0.2) is 29.2 Å². The van der Waals surface area contributed by atoms with Crippen LogP contribution >= 0.6 is 11.8 Å². The summed E-state index contributed by atoms with van der Waals surface area (Å²) >= 11 is 1.70. The summed E-state index contributed by atoms with van der Waals surface area (Å²) in [6.07, 6.45) is 6.92. The summed E-state index contributed by atoms with van der Waals surface area (Å²) in [5, 5.41) is 6.63. The summed E-state index contributed by atoms with van der Waals surface area (Å²) in [6.45, 7) is 0. The quantitative estimate of drug-likeness (QED) is 0.885. The van der Waals surface area contributed by atoms with Crippen molar-refractivity contribution in [1.82, 2.24) is 5.32 Å². The number of methoxy groups -OCH3 is 1. The van der Waals surface area contributed by atoms with Crippen LogP contribution in [0.2, 0.25) is 0 Å². The summed E-state index contributed by atoms with van der Waals surface area (Å²) in [4.78, 5) is 14.1. The van der Waals surface area contributed by atoms with E-state index < -0.39 is 0 Å². The van der Waals surface area contributed by atoms with Gasteiger partial charge < -0.3 is 15.4 Å². The number of hydrogen-bond donors (Lipinski definition) is 2. The molecule has 0 bridgehead atoms. The van der Waals surface area contributed by atoms with Gasteiger partial charge in [0, 0.05) is 12.0 Å². The highest BCUT2D eigenvalue weighted by molar-refractivity contribution is 8.00. The molecule has 2 aliphatic carbocycles. The number of nitrogens with one attached hydrogen (secondary N) is 2. The summed E-state index contributed by atoms with van der Waals surface area (Å²) in [7, 11) is 1.80. The van der Waals surface area contributed by atoms with Gasteiger partial charge in [-0.3, -0.25) is 4.79 Å². The minimum atomic E-state index is -0.101. The number of amides is 1. The third kappa shape index (κ3) is 2.85. The van der Waals surface area contributed by atoms with Gasteiger partial charge in [0.05, 0.1) is 17.2 Å². The maximum absolute atomic E-state index is 12.9. The van der Waals surface area contributed by atoms with Crippen LogP contribution in [0.3, 0.4) is 0 Å². The summed E-state index contributed by atoms with van der Waals surface area (Å²) < 4.78 is 5.46. The monoisotopic (exact) mass is 332 g/mol. The predicted molar refractivity (Wildman–Crippen MR) is 92.3 cm³/mol. The van der Waals surface area contributed by atoms with Crippen LogP contribution in [0.4, 0.5) is 5.69 Å². The van der Waals surface area contributed by atoms with Crippen LogP contribution in [-0.2, 0) is 9.53 Å². The first-order valence-electron chi connectivity index (χ1n) is 8.57. The molecule has 5 heteroatoms. The van der Waals surface area contributed by atoms with Crippen molar-refractivity contribution >= 4 is 23.4 Å². The Kier molecular flexibility index (Phi) is 4.01. The smallest absolute Gasteiger partial charge is 0.228 e. The molecular formula is C18H24N2O2S. The van der Waals surface area contributed by atoms with E-state index >= 15 is 0 Å². The van der Waals surface area contributed by atoms with Crippen molar-refractivity contribution < 1.29 is 9.53 Å². The fourth-order valence-electron chi connectivity index (χ4n) is 4.12. The van der Waals surface area contributed by atoms with E-state index in [1.165, 1.54) is 4.90 Å². The van der Waals surface area contributed by atoms with Gasteiger partial charge in [0.1, 0.15) is 0 Å². The fourth-order valence-corrected chi connectivity index (χ4v) is 5.14. The van der Waals surface area contributed by atoms with E-state index in [0.717, 1.165) is 44.2 Å². The van der Waals surface area contributed by atoms with E-state index in [-0.39, 0.29) is 16.8 Å². The molecule has 1 unspecified atom stereocenters. The normalized spacial score (nSPS) is 31.1. The van der Waals surface area contributed by atoms with Crippen molar-refractivity contribution in [2.45, 2.75) is 55.0 Å². The summed E-state index contributed by atoms with van der Waals surface area (Å²) in [6, 6.07) is 8.22. The molecule has 2 saturated carbocycles. The predicted octanol–water partition coefficient (Wildman–Crippen LogP) is 3.59. The van der Waals surface area contributed by atoms with Gasteiger partial charge in [-0.05, 0) is 56.6 Å². The molecule has 1 atom stereocenters. The van der Waals surface area contributed by atoms with Crippen LogP contribution in [0.25, 0.3) is 0 Å². The second-order valence-electron chi connectivity index (χ2n) is 6.98. The number of thioether (sulfide) groups is 1. The highest BCUT2D eigenvalue weighted by atomic mass is 32.2. The number of anilines is 1. The molecule has 2 fully saturated rings. The molecule has 2 N–H and O–H groups in total. The number of ether oxygens (including phenoxy) is 1. The number of para-hydroxylation sites is 1. The lowest BCUT2D eigenvalue weighted by Gasteiger charge is -2.33. The highest BCUT2D eigenvalue weighted by Crippen LogP contribution is 2.57. The molecule has 0 spiro atoms. The lowest BCUT2D eigenvalue weighted by atomic mass is 9.76. The summed E-state index contributed by atoms with van der Waals surface area (Å²) in [5.74, 6) is 0.777. The minimum Gasteiger partial charge on any atom is -0.381 e. The van der Waals surface area contributed by atoms with Crippen molar-refractivity contribution in [3.05, 3.63) is 24.3 Å². The van der Waals surface area contributed by atoms with E-state index in [2.05, 4.69) is 22.8 Å². The lowest BCUT2D eigenvalue weighted by molar-refractivity contribution is -0.129. The number of rotatable bonds is 4. The number of hydrogen-bond acceptors (Lipinski definition) is 4. The molecule has 0 radical (unpaired) electrons. The second-order valence-corrected chi connectivity index (χ2v) is 8.12. The van der Waals surface area contributed by atoms with E-state index in [4.69, 9.17) is 4.74 Å². The van der Waals surface area contributed by atoms with E-state index in [9.17, 15) is 4.79 Å². The molecule has 3 aliphatic rings. The van der Waals surface area contributed by atoms with Crippen molar-refractivity contribution in [1.29, 1.82) is 0 Å². The number of benzene rings is 1. The molecule has 1 aromatic carbocycles. The van der Waals surface area contributed by atoms with Crippen LogP contribution in [0.5, 0.6) is 0 Å². The molecule has 23 heavy (non-hydrogen) atoms. The molecule has 4 rings (SSSR count). The number of carbonyl (C=O) groups excluding carboxylic acids is 1. The molecule has 124 valence electrons. The first-order valence-corrected chi connectivity index (χ1v) is 9.45. The average Bonchev–Trinajstić information content (AvgIpc) is 3.30. The SMILES string of the molecule is COC1CCC(C2(C(=O)NC3Nc4ccccc4S3)CC2)CC1. The van der Waals surface area contributed by atoms with Crippen molar-refractivity contribution in [3.8, 4) is 0 Å². The van der Waals surface area contributed by atoms with Gasteiger partial charge in [0.25, 0.3) is 0 Å². The van der Waals surface area contributed by atoms with Crippen molar-refractivity contribution in [2.24, 2.45) is 11.3 Å². The van der Waals surface area contributed by atoms with E-state index in [0.29, 0.717) is 12.0 Å². The van der Waals surface area contributed by atoms with Gasteiger partial charge >= 0.3 is 0 Å². The maximum atomic E-state index is 12.9. The van der Waals surface area contributed by atoms with Crippen LogP contribution in [0.1, 0.15) is 38.5 Å². The van der Waals surface area contributed by atoms with Crippen LogP contribution in [0, 0.1) is 11.3 Å². The Labute approximate surface area is 141 Å². The molecular weight excluding hydrogens is 308 g/mol. The Morgan fingerprint density at radius 2 is 2.00 bits per heavy atom. The standard InChI is InChI=1S/C18H24N2O2S/c1-22-13-8-6-12(7-9-13)18(10-11-18)16(21)20-17-19-14-4-2-3-5-15(14)23-17/h2-5,12-13,17,19H,6-11H2,1H3,(H,20,21). The average molecular weight is 332 g/mol. The second kappa shape index (κ2) is 6.02. The zero-order valence-electron chi connectivity index (χ0n) is 13.5. The number of fused-ring (bicyclic) bond motifs is 1. The summed E-state index contributed by atoms with van der Waals surface area (Å²) in [5.41, 5.74) is 0.983. The third-order valence-electron chi connectivity index (χ3n) is 5.71. The third-order valence-corrected chi connectivity index (χ3v) is 6.79. The Hall–Kier alpha value is -1.20. The topological polar surface area (TPSA) is 50.4 Å². The van der Waals surface area contributed by atoms with Crippen molar-refractivity contribution in [3.63, 3.8) is 0 Å². The molecule has 0 aromatic heterocycles. The maximum Gasteiger partial charge on any atom is 0.228 e. The van der Waals surface area contributed by atoms with Gasteiger partial charge in [-0.15, -0.1) is 0 Å². The zero-order valence-corrected chi connectivity index (χ0v) is 14.3. The largest absolute Gasteiger partial charge is 0.381 e. The van der Waals surface area contributed by atoms with Crippen molar-refractivity contribution in [2.75, 3.05) is 12.4 Å². The van der Waals surface area contributed by atoms with Gasteiger partial charge in [-0.25, -0.2) is 0 Å². The Morgan fingerprint density at radius 1 is 1.26 bits per heavy atom. The fraction of sp³-hybridized carbons (Fsp3) is 0.611. The first-order chi connectivity index (χ1) is 11.2. The molecule has 4 nitrogen and oxygen atoms in total. The van der Waals surface area contributed by atoms with E-state index in [1.807, 2.05) is 12.1 Å². The number of carbonyl (C=O) groups is 1. The van der Waals surface area contributed by atoms with E-state index in [1.54, 1.807) is 18.9 Å². The molecule has 1 aliphatic heterocycles. The molecule has 1 heterocycles. The molecule has 0 saturated heterocycles. The molecule has 1 aromatic rings. The van der Waals surface area contributed by atoms with Crippen LogP contribution < -0.4 is 10.6 Å². The molecule has 1 amide bonds. The Bertz CT molecular complexity index is 569. The highest BCUT2D eigenvalue weighted by Gasteiger charge is 2.56. The van der Waals surface area contributed by atoms with Crippen LogP contribution in [-0.4, -0.2) is 24.6 Å². The Balaban J connectivity index is 1.36. The van der Waals surface area contributed by atoms with Gasteiger partial charge in [-0.1, -0.05) is 23.9 Å².